The van der Waals surface area contributed by atoms with E-state index in [4.69, 9.17) is 4.74 Å². The van der Waals surface area contributed by atoms with Crippen LogP contribution in [0.25, 0.3) is 0 Å². The van der Waals surface area contributed by atoms with Crippen molar-refractivity contribution >= 4 is 0 Å². The Hall–Kier alpha value is -1.24. The molecule has 76 valence electrons. The highest BCUT2D eigenvalue weighted by Crippen LogP contribution is 2.10. The van der Waals surface area contributed by atoms with Crippen molar-refractivity contribution in [2.24, 2.45) is 0 Å². The third-order valence-electron chi connectivity index (χ3n) is 2.33. The molecule has 1 heteroatoms. The fourth-order valence-electron chi connectivity index (χ4n) is 1.35. The van der Waals surface area contributed by atoms with Crippen molar-refractivity contribution in [1.29, 1.82) is 0 Å². The van der Waals surface area contributed by atoms with E-state index in [-0.39, 0.29) is 0 Å². The Morgan fingerprint density at radius 1 is 1.29 bits per heavy atom. The van der Waals surface area contributed by atoms with Gasteiger partial charge in [-0.3, -0.25) is 0 Å². The second-order valence-electron chi connectivity index (χ2n) is 3.58. The van der Waals surface area contributed by atoms with Crippen molar-refractivity contribution in [3.8, 4) is 0 Å². The van der Waals surface area contributed by atoms with Gasteiger partial charge >= 0.3 is 0 Å². The maximum atomic E-state index is 5.01. The highest BCUT2D eigenvalue weighted by molar-refractivity contribution is 5.21. The number of hydrogen-bond donors (Lipinski definition) is 0. The van der Waals surface area contributed by atoms with Gasteiger partial charge in [0.1, 0.15) is 0 Å². The number of allylic oxidation sites excluding steroid dienone is 1. The standard InChI is InChI=1S/C13H18O/c1-11-7-9-13(10-8-11)6-4-5-12(2)14-3/h7-10H,2,4-6H2,1,3H3. The summed E-state index contributed by atoms with van der Waals surface area (Å²) >= 11 is 0. The van der Waals surface area contributed by atoms with E-state index in [9.17, 15) is 0 Å². The molecule has 0 amide bonds. The molecule has 1 aromatic carbocycles. The van der Waals surface area contributed by atoms with E-state index >= 15 is 0 Å². The molecule has 0 aromatic heterocycles. The Labute approximate surface area is 86.4 Å². The average molecular weight is 190 g/mol. The minimum absolute atomic E-state index is 0.872. The third-order valence-corrected chi connectivity index (χ3v) is 2.33. The summed E-state index contributed by atoms with van der Waals surface area (Å²) in [6.45, 7) is 5.90. The summed E-state index contributed by atoms with van der Waals surface area (Å²) in [5, 5.41) is 0. The lowest BCUT2D eigenvalue weighted by molar-refractivity contribution is 0.277. The molecule has 0 radical (unpaired) electrons. The highest BCUT2D eigenvalue weighted by Gasteiger charge is 1.95. The van der Waals surface area contributed by atoms with E-state index in [1.165, 1.54) is 11.1 Å². The molecule has 0 unspecified atom stereocenters. The molecule has 1 aromatic rings. The van der Waals surface area contributed by atoms with Gasteiger partial charge in [-0.25, -0.2) is 0 Å². The summed E-state index contributed by atoms with van der Waals surface area (Å²) in [5.74, 6) is 0.872. The molecule has 14 heavy (non-hydrogen) atoms. The maximum Gasteiger partial charge on any atom is 0.0884 e. The van der Waals surface area contributed by atoms with E-state index in [2.05, 4.69) is 37.8 Å². The van der Waals surface area contributed by atoms with E-state index in [1.807, 2.05) is 0 Å². The van der Waals surface area contributed by atoms with Crippen LogP contribution in [-0.4, -0.2) is 7.11 Å². The van der Waals surface area contributed by atoms with E-state index < -0.39 is 0 Å². The van der Waals surface area contributed by atoms with Crippen LogP contribution >= 0.6 is 0 Å². The Morgan fingerprint density at radius 3 is 2.50 bits per heavy atom. The molecule has 1 nitrogen and oxygen atoms in total. The first-order valence-corrected chi connectivity index (χ1v) is 4.99. The van der Waals surface area contributed by atoms with E-state index in [1.54, 1.807) is 7.11 Å². The second-order valence-corrected chi connectivity index (χ2v) is 3.58. The minimum atomic E-state index is 0.872. The number of ether oxygens (including phenoxy) is 1. The zero-order valence-electron chi connectivity index (χ0n) is 9.05. The molecule has 0 aliphatic heterocycles. The van der Waals surface area contributed by atoms with Crippen molar-refractivity contribution < 1.29 is 4.74 Å². The maximum absolute atomic E-state index is 5.01. The van der Waals surface area contributed by atoms with Gasteiger partial charge in [-0.15, -0.1) is 0 Å². The molecule has 0 bridgehead atoms. The van der Waals surface area contributed by atoms with Gasteiger partial charge in [-0.2, -0.15) is 0 Å². The number of aryl methyl sites for hydroxylation is 2. The largest absolute Gasteiger partial charge is 0.502 e. The summed E-state index contributed by atoms with van der Waals surface area (Å²) in [6.07, 6.45) is 3.16. The quantitative estimate of drug-likeness (QED) is 0.646. The van der Waals surface area contributed by atoms with Crippen LogP contribution in [0.15, 0.2) is 36.6 Å². The van der Waals surface area contributed by atoms with Gasteiger partial charge in [0.05, 0.1) is 12.9 Å². The lowest BCUT2D eigenvalue weighted by Crippen LogP contribution is -1.89. The van der Waals surface area contributed by atoms with E-state index in [0.717, 1.165) is 25.0 Å². The van der Waals surface area contributed by atoms with Crippen LogP contribution in [0.3, 0.4) is 0 Å². The van der Waals surface area contributed by atoms with Gasteiger partial charge in [0, 0.05) is 6.42 Å². The van der Waals surface area contributed by atoms with Gasteiger partial charge in [0.15, 0.2) is 0 Å². The smallest absolute Gasteiger partial charge is 0.0884 e. The summed E-state index contributed by atoms with van der Waals surface area (Å²) in [4.78, 5) is 0. The lowest BCUT2D eigenvalue weighted by Gasteiger charge is -2.04. The fourth-order valence-corrected chi connectivity index (χ4v) is 1.35. The van der Waals surface area contributed by atoms with Crippen LogP contribution in [0.4, 0.5) is 0 Å². The van der Waals surface area contributed by atoms with Crippen LogP contribution in [0.5, 0.6) is 0 Å². The van der Waals surface area contributed by atoms with Crippen LogP contribution in [0.1, 0.15) is 24.0 Å². The van der Waals surface area contributed by atoms with Gasteiger partial charge in [0.25, 0.3) is 0 Å². The van der Waals surface area contributed by atoms with E-state index in [0.29, 0.717) is 0 Å². The van der Waals surface area contributed by atoms with Crippen molar-refractivity contribution in [2.75, 3.05) is 7.11 Å². The summed E-state index contributed by atoms with van der Waals surface area (Å²) in [7, 11) is 1.67. The molecule has 0 saturated carbocycles. The summed E-state index contributed by atoms with van der Waals surface area (Å²) < 4.78 is 5.01. The van der Waals surface area contributed by atoms with Crippen molar-refractivity contribution in [2.45, 2.75) is 26.2 Å². The molecule has 0 fully saturated rings. The summed E-state index contributed by atoms with van der Waals surface area (Å²) in [5.41, 5.74) is 2.70. The van der Waals surface area contributed by atoms with Crippen molar-refractivity contribution in [3.05, 3.63) is 47.7 Å². The molecule has 0 saturated heterocycles. The van der Waals surface area contributed by atoms with Gasteiger partial charge in [-0.1, -0.05) is 36.4 Å². The first-order valence-electron chi connectivity index (χ1n) is 4.99. The normalized spacial score (nSPS) is 9.86. The fraction of sp³-hybridized carbons (Fsp3) is 0.385. The number of rotatable bonds is 5. The molecule has 0 heterocycles. The molecule has 0 atom stereocenters. The molecular weight excluding hydrogens is 172 g/mol. The first kappa shape index (κ1) is 10.8. The Bertz CT molecular complexity index is 285. The molecule has 0 N–H and O–H groups in total. The minimum Gasteiger partial charge on any atom is -0.502 e. The predicted molar refractivity (Wildman–Crippen MR) is 60.3 cm³/mol. The number of methoxy groups -OCH3 is 1. The topological polar surface area (TPSA) is 9.23 Å². The highest BCUT2D eigenvalue weighted by atomic mass is 16.5. The Kier molecular flexibility index (Phi) is 4.24. The van der Waals surface area contributed by atoms with Gasteiger partial charge in [-0.05, 0) is 25.3 Å². The molecule has 1 rings (SSSR count). The zero-order valence-corrected chi connectivity index (χ0v) is 9.05. The third kappa shape index (κ3) is 3.65. The van der Waals surface area contributed by atoms with Crippen LogP contribution in [0, 0.1) is 6.92 Å². The predicted octanol–water partition coefficient (Wildman–Crippen LogP) is 3.48. The lowest BCUT2D eigenvalue weighted by atomic mass is 10.1. The molecular formula is C13H18O. The zero-order chi connectivity index (χ0) is 10.4. The SMILES string of the molecule is C=C(CCCc1ccc(C)cc1)OC. The average Bonchev–Trinajstić information content (AvgIpc) is 2.21. The van der Waals surface area contributed by atoms with Crippen LogP contribution < -0.4 is 0 Å². The monoisotopic (exact) mass is 190 g/mol. The second kappa shape index (κ2) is 5.48. The number of hydrogen-bond acceptors (Lipinski definition) is 1. The van der Waals surface area contributed by atoms with Crippen LogP contribution in [0.2, 0.25) is 0 Å². The van der Waals surface area contributed by atoms with Crippen molar-refractivity contribution in [1.82, 2.24) is 0 Å². The number of benzene rings is 1. The molecule has 0 aliphatic rings. The first-order chi connectivity index (χ1) is 6.72. The van der Waals surface area contributed by atoms with Gasteiger partial charge < -0.3 is 4.74 Å². The van der Waals surface area contributed by atoms with Crippen LogP contribution in [-0.2, 0) is 11.2 Å². The summed E-state index contributed by atoms with van der Waals surface area (Å²) in [6, 6.07) is 8.68. The Morgan fingerprint density at radius 2 is 1.93 bits per heavy atom. The molecule has 0 aliphatic carbocycles. The Balaban J connectivity index is 2.31. The molecule has 0 spiro atoms. The van der Waals surface area contributed by atoms with Crippen molar-refractivity contribution in [3.63, 3.8) is 0 Å². The van der Waals surface area contributed by atoms with Gasteiger partial charge in [0.2, 0.25) is 0 Å².